The summed E-state index contributed by atoms with van der Waals surface area (Å²) in [6, 6.07) is 6.44. The van der Waals surface area contributed by atoms with Crippen LogP contribution in [-0.4, -0.2) is 6.10 Å². The molecular weight excluding hydrogens is 409 g/mol. The molecule has 0 radical (unpaired) electrons. The molecular formula is C30H50FNO. The van der Waals surface area contributed by atoms with E-state index >= 15 is 0 Å². The van der Waals surface area contributed by atoms with Crippen molar-refractivity contribution < 1.29 is 9.13 Å². The van der Waals surface area contributed by atoms with Crippen LogP contribution in [0.2, 0.25) is 0 Å². The highest BCUT2D eigenvalue weighted by Gasteiger charge is 2.08. The summed E-state index contributed by atoms with van der Waals surface area (Å²) in [4.78, 5) is 0. The van der Waals surface area contributed by atoms with Gasteiger partial charge in [0.25, 0.3) is 0 Å². The lowest BCUT2D eigenvalue weighted by Crippen LogP contribution is -2.11. The molecule has 1 rings (SSSR count). The van der Waals surface area contributed by atoms with E-state index in [-0.39, 0.29) is 11.9 Å². The molecule has 0 heterocycles. The van der Waals surface area contributed by atoms with Gasteiger partial charge in [0.1, 0.15) is 5.82 Å². The molecule has 0 fully saturated rings. The maximum Gasteiger partial charge on any atom is 0.124 e. The second-order valence-corrected chi connectivity index (χ2v) is 9.75. The fraction of sp³-hybridized carbons (Fsp3) is 0.767. The van der Waals surface area contributed by atoms with Crippen molar-refractivity contribution in [3.05, 3.63) is 35.1 Å². The van der Waals surface area contributed by atoms with Gasteiger partial charge in [-0.2, -0.15) is 5.26 Å². The average Bonchev–Trinajstić information content (AvgIpc) is 2.82. The van der Waals surface area contributed by atoms with Crippen LogP contribution in [0.5, 0.6) is 0 Å². The van der Waals surface area contributed by atoms with E-state index in [4.69, 9.17) is 10.00 Å². The number of hydrogen-bond donors (Lipinski definition) is 0. The summed E-state index contributed by atoms with van der Waals surface area (Å²) in [7, 11) is 0. The van der Waals surface area contributed by atoms with Crippen LogP contribution in [-0.2, 0) is 11.3 Å². The number of ether oxygens (including phenoxy) is 1. The molecule has 1 atom stereocenters. The van der Waals surface area contributed by atoms with Gasteiger partial charge in [-0.1, -0.05) is 123 Å². The zero-order chi connectivity index (χ0) is 24.0. The van der Waals surface area contributed by atoms with E-state index in [1.165, 1.54) is 121 Å². The SMILES string of the molecule is CCCCCCCCCCCCCCCCCCC[C@H](CC)OCc1cc(F)cc(C#N)c1. The van der Waals surface area contributed by atoms with Crippen LogP contribution in [0.15, 0.2) is 18.2 Å². The Balaban J connectivity index is 1.91. The lowest BCUT2D eigenvalue weighted by atomic mass is 10.0. The first-order valence-corrected chi connectivity index (χ1v) is 14.0. The summed E-state index contributed by atoms with van der Waals surface area (Å²) in [6.45, 7) is 4.81. The van der Waals surface area contributed by atoms with E-state index in [1.807, 2.05) is 6.07 Å². The molecule has 0 N–H and O–H groups in total. The standard InChI is InChI=1S/C30H50FNO/c1-3-5-6-7-8-9-10-11-12-13-14-15-16-17-18-19-20-21-30(4-2)33-26-28-22-27(25-32)23-29(31)24-28/h22-24,30H,3-21,26H2,1-2H3/t30-/m0/s1. The van der Waals surface area contributed by atoms with E-state index in [2.05, 4.69) is 13.8 Å². The maximum absolute atomic E-state index is 13.5. The highest BCUT2D eigenvalue weighted by atomic mass is 19.1. The Bertz CT molecular complexity index is 624. The smallest absolute Gasteiger partial charge is 0.124 e. The lowest BCUT2D eigenvalue weighted by molar-refractivity contribution is 0.0308. The summed E-state index contributed by atoms with van der Waals surface area (Å²) in [5, 5.41) is 8.97. The van der Waals surface area contributed by atoms with Crippen LogP contribution in [0.1, 0.15) is 147 Å². The topological polar surface area (TPSA) is 33.0 Å². The predicted octanol–water partition coefficient (Wildman–Crippen LogP) is 10.0. The van der Waals surface area contributed by atoms with Gasteiger partial charge in [-0.05, 0) is 36.6 Å². The molecule has 0 saturated carbocycles. The van der Waals surface area contributed by atoms with E-state index in [0.29, 0.717) is 12.2 Å². The fourth-order valence-electron chi connectivity index (χ4n) is 4.51. The quantitative estimate of drug-likeness (QED) is 0.162. The molecule has 0 spiro atoms. The summed E-state index contributed by atoms with van der Waals surface area (Å²) in [5.41, 5.74) is 1.10. The van der Waals surface area contributed by atoms with E-state index in [0.717, 1.165) is 18.4 Å². The molecule has 3 heteroatoms. The van der Waals surface area contributed by atoms with Crippen LogP contribution in [0.4, 0.5) is 4.39 Å². The van der Waals surface area contributed by atoms with E-state index in [9.17, 15) is 4.39 Å². The van der Waals surface area contributed by atoms with Crippen LogP contribution < -0.4 is 0 Å². The van der Waals surface area contributed by atoms with Crippen molar-refractivity contribution in [2.75, 3.05) is 0 Å². The summed E-state index contributed by atoms with van der Waals surface area (Å²) >= 11 is 0. The van der Waals surface area contributed by atoms with Gasteiger partial charge in [0, 0.05) is 0 Å². The highest BCUT2D eigenvalue weighted by Crippen LogP contribution is 2.17. The molecule has 0 amide bonds. The minimum atomic E-state index is -0.367. The Hall–Kier alpha value is -1.40. The van der Waals surface area contributed by atoms with Crippen LogP contribution in [0.25, 0.3) is 0 Å². The minimum Gasteiger partial charge on any atom is -0.374 e. The third-order valence-corrected chi connectivity index (χ3v) is 6.66. The Kier molecular flexibility index (Phi) is 19.0. The highest BCUT2D eigenvalue weighted by molar-refractivity contribution is 5.33. The third-order valence-electron chi connectivity index (χ3n) is 6.66. The van der Waals surface area contributed by atoms with Gasteiger partial charge >= 0.3 is 0 Å². The summed E-state index contributed by atoms with van der Waals surface area (Å²) in [5.74, 6) is -0.367. The van der Waals surface area contributed by atoms with Crippen molar-refractivity contribution in [2.45, 2.75) is 149 Å². The molecule has 0 aromatic heterocycles. The van der Waals surface area contributed by atoms with Gasteiger partial charge in [0.2, 0.25) is 0 Å². The zero-order valence-electron chi connectivity index (χ0n) is 21.7. The second kappa shape index (κ2) is 21.2. The van der Waals surface area contributed by atoms with Crippen molar-refractivity contribution in [2.24, 2.45) is 0 Å². The second-order valence-electron chi connectivity index (χ2n) is 9.75. The molecule has 0 bridgehead atoms. The van der Waals surface area contributed by atoms with Crippen molar-refractivity contribution in [3.63, 3.8) is 0 Å². The van der Waals surface area contributed by atoms with Gasteiger partial charge in [0.05, 0.1) is 24.3 Å². The molecule has 188 valence electrons. The maximum atomic E-state index is 13.5. The van der Waals surface area contributed by atoms with Gasteiger partial charge in [-0.15, -0.1) is 0 Å². The Labute approximate surface area is 204 Å². The molecule has 33 heavy (non-hydrogen) atoms. The Morgan fingerprint density at radius 3 is 1.67 bits per heavy atom. The number of halogens is 1. The fourth-order valence-corrected chi connectivity index (χ4v) is 4.51. The molecule has 0 saturated heterocycles. The molecule has 0 aliphatic rings. The van der Waals surface area contributed by atoms with Gasteiger partial charge in [-0.25, -0.2) is 4.39 Å². The number of hydrogen-bond acceptors (Lipinski definition) is 2. The van der Waals surface area contributed by atoms with Crippen LogP contribution >= 0.6 is 0 Å². The number of benzene rings is 1. The zero-order valence-corrected chi connectivity index (χ0v) is 21.7. The molecule has 0 unspecified atom stereocenters. The largest absolute Gasteiger partial charge is 0.374 e. The first-order chi connectivity index (χ1) is 16.2. The first-order valence-electron chi connectivity index (χ1n) is 14.0. The Morgan fingerprint density at radius 1 is 0.727 bits per heavy atom. The molecule has 0 aliphatic carbocycles. The van der Waals surface area contributed by atoms with Crippen LogP contribution in [0, 0.1) is 17.1 Å². The van der Waals surface area contributed by atoms with Gasteiger partial charge in [-0.3, -0.25) is 0 Å². The van der Waals surface area contributed by atoms with Crippen molar-refractivity contribution >= 4 is 0 Å². The van der Waals surface area contributed by atoms with Crippen molar-refractivity contribution in [3.8, 4) is 6.07 Å². The average molecular weight is 460 g/mol. The Morgan fingerprint density at radius 2 is 1.21 bits per heavy atom. The van der Waals surface area contributed by atoms with Crippen molar-refractivity contribution in [1.82, 2.24) is 0 Å². The normalized spacial score (nSPS) is 12.1. The molecule has 1 aromatic carbocycles. The third kappa shape index (κ3) is 16.8. The lowest BCUT2D eigenvalue weighted by Gasteiger charge is -2.16. The first kappa shape index (κ1) is 29.6. The van der Waals surface area contributed by atoms with E-state index in [1.54, 1.807) is 6.07 Å². The van der Waals surface area contributed by atoms with Gasteiger partial charge < -0.3 is 4.74 Å². The van der Waals surface area contributed by atoms with E-state index < -0.39 is 0 Å². The number of unbranched alkanes of at least 4 members (excludes halogenated alkanes) is 16. The molecule has 0 aliphatic heterocycles. The molecule has 1 aromatic rings. The number of nitriles is 1. The minimum absolute atomic E-state index is 0.218. The molecule has 2 nitrogen and oxygen atoms in total. The van der Waals surface area contributed by atoms with Crippen molar-refractivity contribution in [1.29, 1.82) is 5.26 Å². The summed E-state index contributed by atoms with van der Waals surface area (Å²) < 4.78 is 19.5. The number of rotatable bonds is 22. The predicted molar refractivity (Wildman–Crippen MR) is 139 cm³/mol. The van der Waals surface area contributed by atoms with Crippen LogP contribution in [0.3, 0.4) is 0 Å². The monoisotopic (exact) mass is 459 g/mol. The summed E-state index contributed by atoms with van der Waals surface area (Å²) in [6.07, 6.45) is 25.9. The number of nitrogens with zero attached hydrogens (tertiary/aromatic N) is 1. The van der Waals surface area contributed by atoms with Gasteiger partial charge in [0.15, 0.2) is 0 Å².